The van der Waals surface area contributed by atoms with Gasteiger partial charge in [0.1, 0.15) is 18.0 Å². The van der Waals surface area contributed by atoms with E-state index in [1.165, 1.54) is 0 Å². The molecule has 0 bridgehead atoms. The fourth-order valence-corrected chi connectivity index (χ4v) is 1.32. The first-order chi connectivity index (χ1) is 9.15. The fourth-order valence-electron chi connectivity index (χ4n) is 1.32. The minimum Gasteiger partial charge on any atom is -0.465 e. The Balaban J connectivity index is 3.23. The van der Waals surface area contributed by atoms with Gasteiger partial charge in [0.25, 0.3) is 5.69 Å². The molecule has 0 aliphatic heterocycles. The van der Waals surface area contributed by atoms with Gasteiger partial charge < -0.3 is 10.1 Å². The number of nitro benzene ring substituents is 1. The van der Waals surface area contributed by atoms with Gasteiger partial charge in [-0.25, -0.2) is 9.18 Å². The third-order valence-electron chi connectivity index (χ3n) is 2.17. The van der Waals surface area contributed by atoms with Gasteiger partial charge in [-0.15, -0.1) is 0 Å². The van der Waals surface area contributed by atoms with Gasteiger partial charge in [0.05, 0.1) is 23.7 Å². The summed E-state index contributed by atoms with van der Waals surface area (Å²) in [6, 6.07) is 0.954. The smallest absolute Gasteiger partial charge is 0.405 e. The molecular formula is C10H8F4N2O4. The summed E-state index contributed by atoms with van der Waals surface area (Å²) in [7, 11) is 0.937. The zero-order valence-corrected chi connectivity index (χ0v) is 9.95. The average Bonchev–Trinajstić information content (AvgIpc) is 2.34. The van der Waals surface area contributed by atoms with Gasteiger partial charge in [-0.3, -0.25) is 10.1 Å². The Kier molecular flexibility index (Phi) is 4.48. The van der Waals surface area contributed by atoms with Crippen molar-refractivity contribution in [3.63, 3.8) is 0 Å². The number of nitro groups is 1. The van der Waals surface area contributed by atoms with E-state index >= 15 is 0 Å². The molecule has 10 heteroatoms. The van der Waals surface area contributed by atoms with Crippen molar-refractivity contribution in [1.82, 2.24) is 0 Å². The minimum absolute atomic E-state index is 0.352. The Labute approximate surface area is 109 Å². The van der Waals surface area contributed by atoms with Crippen LogP contribution in [0.25, 0.3) is 0 Å². The van der Waals surface area contributed by atoms with Crippen molar-refractivity contribution in [3.05, 3.63) is 33.6 Å². The highest BCUT2D eigenvalue weighted by atomic mass is 19.4. The zero-order chi connectivity index (χ0) is 15.5. The molecular weight excluding hydrogens is 288 g/mol. The lowest BCUT2D eigenvalue weighted by Gasteiger charge is -2.11. The van der Waals surface area contributed by atoms with E-state index < -0.39 is 46.4 Å². The van der Waals surface area contributed by atoms with Crippen LogP contribution in [0.3, 0.4) is 0 Å². The molecule has 0 saturated heterocycles. The summed E-state index contributed by atoms with van der Waals surface area (Å²) in [5.41, 5.74) is -2.25. The highest BCUT2D eigenvalue weighted by molar-refractivity contribution is 5.91. The van der Waals surface area contributed by atoms with E-state index in [1.54, 1.807) is 5.32 Å². The second-order valence-electron chi connectivity index (χ2n) is 3.57. The van der Waals surface area contributed by atoms with E-state index in [0.717, 1.165) is 7.11 Å². The van der Waals surface area contributed by atoms with E-state index in [-0.39, 0.29) is 0 Å². The van der Waals surface area contributed by atoms with Crippen LogP contribution in [0, 0.1) is 15.9 Å². The molecule has 1 rings (SSSR count). The monoisotopic (exact) mass is 296 g/mol. The van der Waals surface area contributed by atoms with Gasteiger partial charge in [-0.05, 0) is 6.07 Å². The number of carbonyl (C=O) groups is 1. The number of nitrogens with zero attached hydrogens (tertiary/aromatic N) is 1. The quantitative estimate of drug-likeness (QED) is 0.399. The topological polar surface area (TPSA) is 81.5 Å². The number of halogens is 4. The lowest BCUT2D eigenvalue weighted by Crippen LogP contribution is -2.22. The first kappa shape index (κ1) is 15.7. The first-order valence-electron chi connectivity index (χ1n) is 5.02. The van der Waals surface area contributed by atoms with Gasteiger partial charge in [-0.2, -0.15) is 13.2 Å². The first-order valence-corrected chi connectivity index (χ1v) is 5.02. The predicted octanol–water partition coefficient (Wildman–Crippen LogP) is 2.49. The van der Waals surface area contributed by atoms with Crippen LogP contribution in [0.2, 0.25) is 0 Å². The third-order valence-corrected chi connectivity index (χ3v) is 2.17. The van der Waals surface area contributed by atoms with Gasteiger partial charge in [-0.1, -0.05) is 0 Å². The zero-order valence-electron chi connectivity index (χ0n) is 9.95. The second-order valence-corrected chi connectivity index (χ2v) is 3.57. The van der Waals surface area contributed by atoms with Crippen LogP contribution in [0.15, 0.2) is 12.1 Å². The molecule has 1 N–H and O–H groups in total. The minimum atomic E-state index is -4.63. The van der Waals surface area contributed by atoms with Crippen LogP contribution in [0.5, 0.6) is 0 Å². The summed E-state index contributed by atoms with van der Waals surface area (Å²) in [5.74, 6) is -2.42. The Morgan fingerprint density at radius 3 is 2.50 bits per heavy atom. The van der Waals surface area contributed by atoms with Crippen molar-refractivity contribution in [2.24, 2.45) is 0 Å². The van der Waals surface area contributed by atoms with Crippen LogP contribution in [-0.2, 0) is 4.74 Å². The molecule has 0 spiro atoms. The number of esters is 1. The van der Waals surface area contributed by atoms with E-state index in [2.05, 4.69) is 4.74 Å². The predicted molar refractivity (Wildman–Crippen MR) is 58.9 cm³/mol. The van der Waals surface area contributed by atoms with E-state index in [9.17, 15) is 32.5 Å². The van der Waals surface area contributed by atoms with Crippen molar-refractivity contribution < 1.29 is 32.0 Å². The van der Waals surface area contributed by atoms with Gasteiger partial charge in [0.2, 0.25) is 0 Å². The number of ether oxygens (including phenoxy) is 1. The molecule has 1 aromatic carbocycles. The van der Waals surface area contributed by atoms with Crippen LogP contribution >= 0.6 is 0 Å². The number of rotatable bonds is 4. The summed E-state index contributed by atoms with van der Waals surface area (Å²) in [5, 5.41) is 12.4. The van der Waals surface area contributed by atoms with E-state index in [0.29, 0.717) is 12.1 Å². The second kappa shape index (κ2) is 5.72. The molecule has 0 aliphatic rings. The Hall–Kier alpha value is -2.39. The summed E-state index contributed by atoms with van der Waals surface area (Å²) < 4.78 is 53.9. The summed E-state index contributed by atoms with van der Waals surface area (Å²) in [4.78, 5) is 20.8. The van der Waals surface area contributed by atoms with E-state index in [1.807, 2.05) is 0 Å². The van der Waals surface area contributed by atoms with Gasteiger partial charge >= 0.3 is 12.1 Å². The van der Waals surface area contributed by atoms with Crippen LogP contribution < -0.4 is 5.32 Å². The fraction of sp³-hybridized carbons (Fsp3) is 0.300. The Morgan fingerprint density at radius 1 is 1.45 bits per heavy atom. The molecule has 0 atom stereocenters. The average molecular weight is 296 g/mol. The molecule has 0 radical (unpaired) electrons. The summed E-state index contributed by atoms with van der Waals surface area (Å²) in [6.07, 6.45) is -4.63. The van der Waals surface area contributed by atoms with Crippen LogP contribution in [0.1, 0.15) is 10.4 Å². The van der Waals surface area contributed by atoms with Crippen LogP contribution in [-0.4, -0.2) is 30.7 Å². The van der Waals surface area contributed by atoms with Crippen LogP contribution in [0.4, 0.5) is 28.9 Å². The SMILES string of the molecule is COC(=O)c1cc(NCC(F)(F)F)c([N+](=O)[O-])cc1F. The largest absolute Gasteiger partial charge is 0.465 e. The molecule has 1 aromatic rings. The van der Waals surface area contributed by atoms with Crippen molar-refractivity contribution in [2.45, 2.75) is 6.18 Å². The highest BCUT2D eigenvalue weighted by Crippen LogP contribution is 2.29. The van der Waals surface area contributed by atoms with Crippen molar-refractivity contribution in [1.29, 1.82) is 0 Å². The molecule has 0 aliphatic carbocycles. The number of hydrogen-bond acceptors (Lipinski definition) is 5. The van der Waals surface area contributed by atoms with Gasteiger partial charge in [0.15, 0.2) is 0 Å². The molecule has 6 nitrogen and oxygen atoms in total. The number of methoxy groups -OCH3 is 1. The summed E-state index contributed by atoms with van der Waals surface area (Å²) in [6.45, 7) is -1.57. The van der Waals surface area contributed by atoms with E-state index in [4.69, 9.17) is 0 Å². The molecule has 0 saturated carbocycles. The van der Waals surface area contributed by atoms with Crippen molar-refractivity contribution in [2.75, 3.05) is 19.0 Å². The maximum atomic E-state index is 13.4. The highest BCUT2D eigenvalue weighted by Gasteiger charge is 2.29. The van der Waals surface area contributed by atoms with Crippen molar-refractivity contribution in [3.8, 4) is 0 Å². The molecule has 0 aromatic heterocycles. The molecule has 20 heavy (non-hydrogen) atoms. The molecule has 0 fully saturated rings. The number of nitrogens with one attached hydrogen (secondary N) is 1. The normalized spacial score (nSPS) is 11.1. The standard InChI is InChI=1S/C10H8F4N2O4/c1-20-9(17)5-2-7(15-4-10(12,13)14)8(16(18)19)3-6(5)11/h2-3,15H,4H2,1H3. The molecule has 110 valence electrons. The lowest BCUT2D eigenvalue weighted by atomic mass is 10.1. The number of carbonyl (C=O) groups excluding carboxylic acids is 1. The van der Waals surface area contributed by atoms with Gasteiger partial charge in [0, 0.05) is 0 Å². The Bertz CT molecular complexity index is 545. The Morgan fingerprint density at radius 2 is 2.05 bits per heavy atom. The summed E-state index contributed by atoms with van der Waals surface area (Å²) >= 11 is 0. The number of anilines is 1. The maximum Gasteiger partial charge on any atom is 0.405 e. The number of benzene rings is 1. The molecule has 0 amide bonds. The van der Waals surface area contributed by atoms with Crippen molar-refractivity contribution >= 4 is 17.3 Å². The maximum absolute atomic E-state index is 13.4. The molecule has 0 unspecified atom stereocenters. The lowest BCUT2D eigenvalue weighted by molar-refractivity contribution is -0.384. The molecule has 0 heterocycles. The number of hydrogen-bond donors (Lipinski definition) is 1. The third kappa shape index (κ3) is 3.80. The number of alkyl halides is 3.